The van der Waals surface area contributed by atoms with E-state index in [2.05, 4.69) is 20.8 Å². The molecule has 15 heteroatoms. The number of hydrogen-bond acceptors (Lipinski definition) is 15. The Morgan fingerprint density at radius 3 is 1.86 bits per heavy atom. The van der Waals surface area contributed by atoms with Crippen LogP contribution in [0.4, 0.5) is 0 Å². The quantitative estimate of drug-likeness (QED) is 0.0819. The molecule has 2 heterocycles. The summed E-state index contributed by atoms with van der Waals surface area (Å²) in [5, 5.41) is 70.2. The highest BCUT2D eigenvalue weighted by Gasteiger charge is 2.50. The molecular formula is C22H42O13S2. The predicted molar refractivity (Wildman–Crippen MR) is 134 cm³/mol. The predicted octanol–water partition coefficient (Wildman–Crippen LogP) is -2.16. The number of aliphatic hydroxyl groups is 7. The second-order valence-electron chi connectivity index (χ2n) is 9.62. The highest BCUT2D eigenvalue weighted by atomic mass is 33.1. The van der Waals surface area contributed by atoms with Crippen molar-refractivity contribution < 1.29 is 64.2 Å². The number of aliphatic hydroxyl groups excluding tert-OH is 7. The van der Waals surface area contributed by atoms with E-state index in [0.717, 1.165) is 5.75 Å². The van der Waals surface area contributed by atoms with Crippen molar-refractivity contribution in [2.24, 2.45) is 0 Å². The van der Waals surface area contributed by atoms with Crippen LogP contribution < -0.4 is 0 Å². The fraction of sp³-hybridized carbons (Fsp3) is 1.00. The van der Waals surface area contributed by atoms with E-state index in [9.17, 15) is 35.7 Å². The zero-order valence-corrected chi connectivity index (χ0v) is 23.0. The molecule has 10 atom stereocenters. The Labute approximate surface area is 224 Å². The van der Waals surface area contributed by atoms with Gasteiger partial charge in [-0.15, -0.1) is 0 Å². The maximum atomic E-state index is 10.7. The van der Waals surface area contributed by atoms with Crippen LogP contribution in [0.1, 0.15) is 20.8 Å². The summed E-state index contributed by atoms with van der Waals surface area (Å²) in [6.07, 6.45) is -14.9. The summed E-state index contributed by atoms with van der Waals surface area (Å²) in [7, 11) is 3.55. The van der Waals surface area contributed by atoms with Gasteiger partial charge in [-0.05, 0) is 0 Å². The highest BCUT2D eigenvalue weighted by molar-refractivity contribution is 8.77. The third-order valence-electron chi connectivity index (χ3n) is 5.46. The molecule has 0 radical (unpaired) electrons. The van der Waals surface area contributed by atoms with Gasteiger partial charge in [0.05, 0.1) is 46.2 Å². The lowest BCUT2D eigenvalue weighted by atomic mass is 9.97. The number of rotatable bonds is 15. The van der Waals surface area contributed by atoms with Gasteiger partial charge in [-0.25, -0.2) is 0 Å². The Morgan fingerprint density at radius 2 is 1.24 bits per heavy atom. The Morgan fingerprint density at radius 1 is 0.676 bits per heavy atom. The fourth-order valence-corrected chi connectivity index (χ4v) is 5.68. The SMILES string of the molecule is CC(C)(C)SSCCOCCOCCO[C@H]1O[C@H](CO)[C@H](O)[C@H](O[C@H]2O[C@H](CO)[C@H](O)[C@H](O)[C@H]2O)[C@H]1O. The molecule has 2 fully saturated rings. The molecule has 37 heavy (non-hydrogen) atoms. The molecular weight excluding hydrogens is 536 g/mol. The molecule has 2 aliphatic rings. The fourth-order valence-electron chi connectivity index (χ4n) is 3.54. The molecule has 0 spiro atoms. The van der Waals surface area contributed by atoms with Crippen LogP contribution in [0, 0.1) is 0 Å². The Bertz CT molecular complexity index is 626. The van der Waals surface area contributed by atoms with Crippen molar-refractivity contribution in [2.75, 3.05) is 52.0 Å². The average molecular weight is 579 g/mol. The van der Waals surface area contributed by atoms with E-state index in [0.29, 0.717) is 19.8 Å². The van der Waals surface area contributed by atoms with Gasteiger partial charge >= 0.3 is 0 Å². The van der Waals surface area contributed by atoms with Gasteiger partial charge in [0.15, 0.2) is 12.6 Å². The first-order chi connectivity index (χ1) is 17.5. The minimum Gasteiger partial charge on any atom is -0.394 e. The van der Waals surface area contributed by atoms with Crippen molar-refractivity contribution in [3.63, 3.8) is 0 Å². The van der Waals surface area contributed by atoms with E-state index in [-0.39, 0.29) is 18.0 Å². The largest absolute Gasteiger partial charge is 0.394 e. The molecule has 13 nitrogen and oxygen atoms in total. The molecule has 0 aromatic carbocycles. The van der Waals surface area contributed by atoms with Crippen LogP contribution in [-0.2, 0) is 28.4 Å². The summed E-state index contributed by atoms with van der Waals surface area (Å²) < 4.78 is 32.9. The second-order valence-corrected chi connectivity index (χ2v) is 12.9. The van der Waals surface area contributed by atoms with E-state index in [4.69, 9.17) is 28.4 Å². The molecule has 0 aromatic rings. The minimum atomic E-state index is -1.74. The summed E-state index contributed by atoms with van der Waals surface area (Å²) in [5.74, 6) is 0.867. The number of ether oxygens (including phenoxy) is 6. The molecule has 2 saturated heterocycles. The van der Waals surface area contributed by atoms with Crippen molar-refractivity contribution in [1.82, 2.24) is 0 Å². The van der Waals surface area contributed by atoms with Crippen LogP contribution in [0.5, 0.6) is 0 Å². The zero-order valence-electron chi connectivity index (χ0n) is 21.3. The molecule has 0 unspecified atom stereocenters. The van der Waals surface area contributed by atoms with Crippen LogP contribution in [0.3, 0.4) is 0 Å². The summed E-state index contributed by atoms with van der Waals surface area (Å²) in [6.45, 7) is 6.70. The molecule has 0 aliphatic carbocycles. The third kappa shape index (κ3) is 10.6. The highest BCUT2D eigenvalue weighted by Crippen LogP contribution is 2.34. The van der Waals surface area contributed by atoms with Crippen molar-refractivity contribution in [2.45, 2.75) is 86.9 Å². The standard InChI is InChI=1S/C22H42O13S2/c1-22(2,3)37-36-9-8-31-5-4-30-6-7-32-20-18(29)19(15(26)13(11-24)33-20)35-21-17(28)16(27)14(25)12(10-23)34-21/h12-21,23-29H,4-11H2,1-3H3/t12-,13-,14+,15+,16+,17-,18-,19+,20+,21-/m1/s1. The van der Waals surface area contributed by atoms with Crippen molar-refractivity contribution in [3.8, 4) is 0 Å². The summed E-state index contributed by atoms with van der Waals surface area (Å²) >= 11 is 0. The van der Waals surface area contributed by atoms with Crippen LogP contribution in [0.15, 0.2) is 0 Å². The Balaban J connectivity index is 1.75. The smallest absolute Gasteiger partial charge is 0.187 e. The van der Waals surface area contributed by atoms with Gasteiger partial charge in [0.25, 0.3) is 0 Å². The van der Waals surface area contributed by atoms with Crippen LogP contribution in [0.2, 0.25) is 0 Å². The van der Waals surface area contributed by atoms with Crippen molar-refractivity contribution in [3.05, 3.63) is 0 Å². The van der Waals surface area contributed by atoms with Crippen LogP contribution in [-0.4, -0.2) is 154 Å². The lowest BCUT2D eigenvalue weighted by Crippen LogP contribution is -2.64. The summed E-state index contributed by atoms with van der Waals surface area (Å²) in [5.41, 5.74) is 0. The first kappa shape index (κ1) is 33.4. The maximum Gasteiger partial charge on any atom is 0.187 e. The van der Waals surface area contributed by atoms with Gasteiger partial charge < -0.3 is 64.2 Å². The van der Waals surface area contributed by atoms with E-state index < -0.39 is 74.6 Å². The van der Waals surface area contributed by atoms with Gasteiger partial charge in [0, 0.05) is 10.5 Å². The molecule has 0 bridgehead atoms. The van der Waals surface area contributed by atoms with Gasteiger partial charge in [0.2, 0.25) is 0 Å². The third-order valence-corrected chi connectivity index (χ3v) is 8.77. The summed E-state index contributed by atoms with van der Waals surface area (Å²) in [6, 6.07) is 0. The van der Waals surface area contributed by atoms with E-state index in [1.54, 1.807) is 21.6 Å². The van der Waals surface area contributed by atoms with E-state index >= 15 is 0 Å². The molecule has 2 rings (SSSR count). The normalized spacial score (nSPS) is 37.1. The molecule has 2 aliphatic heterocycles. The molecule has 0 aromatic heterocycles. The first-order valence-electron chi connectivity index (χ1n) is 12.2. The van der Waals surface area contributed by atoms with Gasteiger partial charge in [-0.2, -0.15) is 0 Å². The number of hydrogen-bond donors (Lipinski definition) is 7. The maximum absolute atomic E-state index is 10.7. The lowest BCUT2D eigenvalue weighted by molar-refractivity contribution is -0.360. The Hall–Kier alpha value is 0.180. The average Bonchev–Trinajstić information content (AvgIpc) is 2.85. The minimum absolute atomic E-state index is 0.0147. The van der Waals surface area contributed by atoms with Gasteiger partial charge in [-0.1, -0.05) is 42.4 Å². The topological polar surface area (TPSA) is 197 Å². The molecule has 0 saturated carbocycles. The monoisotopic (exact) mass is 578 g/mol. The van der Waals surface area contributed by atoms with Crippen molar-refractivity contribution >= 4 is 21.6 Å². The van der Waals surface area contributed by atoms with Crippen molar-refractivity contribution in [1.29, 1.82) is 0 Å². The van der Waals surface area contributed by atoms with Gasteiger partial charge in [0.1, 0.15) is 48.8 Å². The van der Waals surface area contributed by atoms with E-state index in [1.807, 2.05) is 0 Å². The molecule has 220 valence electrons. The first-order valence-corrected chi connectivity index (χ1v) is 14.5. The Kier molecular flexibility index (Phi) is 14.8. The van der Waals surface area contributed by atoms with Crippen LogP contribution >= 0.6 is 21.6 Å². The van der Waals surface area contributed by atoms with Crippen LogP contribution in [0.25, 0.3) is 0 Å². The molecule has 7 N–H and O–H groups in total. The molecule has 0 amide bonds. The van der Waals surface area contributed by atoms with E-state index in [1.165, 1.54) is 0 Å². The zero-order chi connectivity index (χ0) is 27.6. The second kappa shape index (κ2) is 16.4. The van der Waals surface area contributed by atoms with Gasteiger partial charge in [-0.3, -0.25) is 0 Å². The summed E-state index contributed by atoms with van der Waals surface area (Å²) in [4.78, 5) is 0. The lowest BCUT2D eigenvalue weighted by Gasteiger charge is -2.45.